The van der Waals surface area contributed by atoms with Crippen molar-refractivity contribution in [3.05, 3.63) is 0 Å². The minimum absolute atomic E-state index is 0.00585. The van der Waals surface area contributed by atoms with Gasteiger partial charge in [0.25, 0.3) is 5.91 Å². The number of rotatable bonds is 3. The van der Waals surface area contributed by atoms with Crippen LogP contribution < -0.4 is 5.32 Å². The second-order valence-corrected chi connectivity index (χ2v) is 7.38. The number of ether oxygens (including phenoxy) is 1. The predicted molar refractivity (Wildman–Crippen MR) is 77.4 cm³/mol. The van der Waals surface area contributed by atoms with Gasteiger partial charge in [-0.05, 0) is 46.5 Å². The molecule has 6 nitrogen and oxygen atoms in total. The Kier molecular flexibility index (Phi) is 3.95. The lowest BCUT2D eigenvalue weighted by molar-refractivity contribution is -0.196. The third-order valence-electron chi connectivity index (χ3n) is 4.44. The molecule has 0 aromatic carbocycles. The third kappa shape index (κ3) is 3.15. The second kappa shape index (κ2) is 5.16. The van der Waals surface area contributed by atoms with Crippen LogP contribution in [0.4, 0.5) is 4.79 Å². The number of alkyl carbamates (subject to hydrolysis) is 1. The summed E-state index contributed by atoms with van der Waals surface area (Å²) in [7, 11) is 3.12. The van der Waals surface area contributed by atoms with Gasteiger partial charge < -0.3 is 10.1 Å². The average Bonchev–Trinajstić information content (AvgIpc) is 2.33. The molecule has 0 heterocycles. The molecule has 3 fully saturated rings. The van der Waals surface area contributed by atoms with E-state index in [1.807, 2.05) is 20.8 Å². The molecule has 2 amide bonds. The molecule has 0 aliphatic heterocycles. The van der Waals surface area contributed by atoms with Crippen molar-refractivity contribution >= 4 is 12.0 Å². The molecular weight excluding hydrogens is 272 g/mol. The van der Waals surface area contributed by atoms with Crippen LogP contribution in [0.15, 0.2) is 0 Å². The Morgan fingerprint density at radius 3 is 2.33 bits per heavy atom. The van der Waals surface area contributed by atoms with Crippen LogP contribution in [0.3, 0.4) is 0 Å². The number of fused-ring (bicyclic) bond motifs is 2. The summed E-state index contributed by atoms with van der Waals surface area (Å²) in [6.07, 6.45) is 3.64. The fraction of sp³-hybridized carbons (Fsp3) is 0.867. The van der Waals surface area contributed by atoms with E-state index in [9.17, 15) is 9.59 Å². The molecule has 0 saturated heterocycles. The van der Waals surface area contributed by atoms with Crippen LogP contribution in [0.5, 0.6) is 0 Å². The Morgan fingerprint density at radius 2 is 1.81 bits per heavy atom. The van der Waals surface area contributed by atoms with Gasteiger partial charge in [0.1, 0.15) is 5.60 Å². The molecule has 120 valence electrons. The number of hydrogen-bond acceptors (Lipinski definition) is 4. The van der Waals surface area contributed by atoms with E-state index in [0.29, 0.717) is 12.8 Å². The Bertz CT molecular complexity index is 435. The summed E-state index contributed by atoms with van der Waals surface area (Å²) in [5, 5.41) is 4.28. The first-order valence-electron chi connectivity index (χ1n) is 7.45. The lowest BCUT2D eigenvalue weighted by atomic mass is 9.49. The van der Waals surface area contributed by atoms with Crippen LogP contribution in [0.2, 0.25) is 0 Å². The van der Waals surface area contributed by atoms with Crippen molar-refractivity contribution in [3.8, 4) is 0 Å². The monoisotopic (exact) mass is 298 g/mol. The van der Waals surface area contributed by atoms with Crippen molar-refractivity contribution in [1.82, 2.24) is 10.4 Å². The zero-order valence-electron chi connectivity index (χ0n) is 13.6. The Labute approximate surface area is 126 Å². The average molecular weight is 298 g/mol. The van der Waals surface area contributed by atoms with Crippen molar-refractivity contribution in [3.63, 3.8) is 0 Å². The molecule has 0 unspecified atom stereocenters. The zero-order valence-corrected chi connectivity index (χ0v) is 13.6. The summed E-state index contributed by atoms with van der Waals surface area (Å²) in [6, 6.07) is 0. The van der Waals surface area contributed by atoms with Crippen molar-refractivity contribution in [2.24, 2.45) is 5.41 Å². The predicted octanol–water partition coefficient (Wildman–Crippen LogP) is 2.23. The smallest absolute Gasteiger partial charge is 0.408 e. The maximum atomic E-state index is 12.4. The zero-order chi connectivity index (χ0) is 15.9. The van der Waals surface area contributed by atoms with E-state index in [-0.39, 0.29) is 16.9 Å². The lowest BCUT2D eigenvalue weighted by Gasteiger charge is -2.59. The van der Waals surface area contributed by atoms with Crippen LogP contribution in [-0.2, 0) is 14.4 Å². The summed E-state index contributed by atoms with van der Waals surface area (Å²) >= 11 is 0. The van der Waals surface area contributed by atoms with Gasteiger partial charge in [0, 0.05) is 12.6 Å². The highest BCUT2D eigenvalue weighted by Crippen LogP contribution is 2.59. The summed E-state index contributed by atoms with van der Waals surface area (Å²) in [5.74, 6) is 0.00585. The number of carbonyl (C=O) groups excluding carboxylic acids is 2. The molecule has 0 aromatic heterocycles. The topological polar surface area (TPSA) is 67.9 Å². The fourth-order valence-corrected chi connectivity index (χ4v) is 3.71. The second-order valence-electron chi connectivity index (χ2n) is 7.38. The van der Waals surface area contributed by atoms with E-state index in [4.69, 9.17) is 9.57 Å². The Morgan fingerprint density at radius 1 is 1.19 bits per heavy atom. The van der Waals surface area contributed by atoms with E-state index in [1.54, 1.807) is 7.05 Å². The number of nitrogens with zero attached hydrogens (tertiary/aromatic N) is 1. The molecule has 0 spiro atoms. The molecular formula is C15H26N2O4. The highest BCUT2D eigenvalue weighted by molar-refractivity contribution is 5.84. The third-order valence-corrected chi connectivity index (χ3v) is 4.44. The number of amides is 2. The van der Waals surface area contributed by atoms with Crippen LogP contribution in [0, 0.1) is 5.41 Å². The molecule has 3 saturated carbocycles. The Balaban J connectivity index is 1.99. The van der Waals surface area contributed by atoms with Crippen LogP contribution in [-0.4, -0.2) is 42.4 Å². The van der Waals surface area contributed by atoms with Gasteiger partial charge in [0.15, 0.2) is 0 Å². The molecule has 0 atom stereocenters. The minimum Gasteiger partial charge on any atom is -0.444 e. The van der Waals surface area contributed by atoms with E-state index in [0.717, 1.165) is 19.3 Å². The van der Waals surface area contributed by atoms with Gasteiger partial charge >= 0.3 is 6.09 Å². The van der Waals surface area contributed by atoms with Crippen LogP contribution in [0.25, 0.3) is 0 Å². The molecule has 21 heavy (non-hydrogen) atoms. The van der Waals surface area contributed by atoms with Gasteiger partial charge in [0.2, 0.25) is 0 Å². The minimum atomic E-state index is -0.512. The SMILES string of the molecule is CON(C)C(=O)C12CCCC(NC(=O)OC(C)(C)C)(C1)C2. The summed E-state index contributed by atoms with van der Waals surface area (Å²) in [5.41, 5.74) is -1.18. The van der Waals surface area contributed by atoms with Crippen molar-refractivity contribution in [2.75, 3.05) is 14.2 Å². The number of nitrogens with one attached hydrogen (secondary N) is 1. The molecule has 2 bridgehead atoms. The normalized spacial score (nSPS) is 31.1. The molecule has 6 heteroatoms. The van der Waals surface area contributed by atoms with Gasteiger partial charge in [0.05, 0.1) is 12.5 Å². The number of hydroxylamine groups is 2. The van der Waals surface area contributed by atoms with Crippen molar-refractivity contribution in [2.45, 2.75) is 64.0 Å². The van der Waals surface area contributed by atoms with Crippen LogP contribution in [0.1, 0.15) is 52.9 Å². The van der Waals surface area contributed by atoms with Gasteiger partial charge in [-0.2, -0.15) is 0 Å². The maximum Gasteiger partial charge on any atom is 0.408 e. The van der Waals surface area contributed by atoms with Gasteiger partial charge in [-0.25, -0.2) is 9.86 Å². The highest BCUT2D eigenvalue weighted by Gasteiger charge is 2.62. The van der Waals surface area contributed by atoms with E-state index < -0.39 is 11.7 Å². The van der Waals surface area contributed by atoms with E-state index >= 15 is 0 Å². The summed E-state index contributed by atoms with van der Waals surface area (Å²) in [4.78, 5) is 29.4. The lowest BCUT2D eigenvalue weighted by Crippen LogP contribution is -2.68. The number of carbonyl (C=O) groups is 2. The largest absolute Gasteiger partial charge is 0.444 e. The first-order chi connectivity index (χ1) is 9.61. The Hall–Kier alpha value is -1.30. The summed E-state index contributed by atoms with van der Waals surface area (Å²) < 4.78 is 5.32. The summed E-state index contributed by atoms with van der Waals surface area (Å²) in [6.45, 7) is 5.52. The molecule has 0 aromatic rings. The number of hydrogen-bond donors (Lipinski definition) is 1. The fourth-order valence-electron chi connectivity index (χ4n) is 3.71. The van der Waals surface area contributed by atoms with Gasteiger partial charge in [-0.1, -0.05) is 6.42 Å². The van der Waals surface area contributed by atoms with E-state index in [1.165, 1.54) is 12.2 Å². The quantitative estimate of drug-likeness (QED) is 0.811. The maximum absolute atomic E-state index is 12.4. The highest BCUT2D eigenvalue weighted by atomic mass is 16.7. The molecule has 3 aliphatic carbocycles. The molecule has 1 N–H and O–H groups in total. The van der Waals surface area contributed by atoms with E-state index in [2.05, 4.69) is 5.32 Å². The first-order valence-corrected chi connectivity index (χ1v) is 7.45. The molecule has 3 rings (SSSR count). The standard InChI is InChI=1S/C15H26N2O4/c1-13(2,3)21-12(19)16-15-8-6-7-14(9-15,10-15)11(18)17(4)20-5/h6-10H2,1-5H3,(H,16,19). The molecule has 3 aliphatic rings. The van der Waals surface area contributed by atoms with Crippen molar-refractivity contribution in [1.29, 1.82) is 0 Å². The van der Waals surface area contributed by atoms with Gasteiger partial charge in [-0.3, -0.25) is 9.63 Å². The van der Waals surface area contributed by atoms with Crippen molar-refractivity contribution < 1.29 is 19.2 Å². The molecule has 0 radical (unpaired) electrons. The van der Waals surface area contributed by atoms with Crippen LogP contribution >= 0.6 is 0 Å². The van der Waals surface area contributed by atoms with Gasteiger partial charge in [-0.15, -0.1) is 0 Å². The first kappa shape index (κ1) is 16.1.